The SMILES string of the molecule is Cc1cc(=O)n(CC(=O)NCCSc2nnnn2C)nc1C. The first-order valence-electron chi connectivity index (χ1n) is 6.64. The van der Waals surface area contributed by atoms with Crippen LogP contribution >= 0.6 is 11.8 Å². The molecule has 1 N–H and O–H groups in total. The number of aryl methyl sites for hydroxylation is 3. The second-order valence-corrected chi connectivity index (χ2v) is 5.75. The number of rotatable bonds is 6. The summed E-state index contributed by atoms with van der Waals surface area (Å²) in [7, 11) is 1.75. The molecule has 22 heavy (non-hydrogen) atoms. The molecule has 0 aliphatic heterocycles. The Bertz CT molecular complexity index is 725. The Morgan fingerprint density at radius 2 is 2.18 bits per heavy atom. The quantitative estimate of drug-likeness (QED) is 0.553. The van der Waals surface area contributed by atoms with Gasteiger partial charge in [-0.25, -0.2) is 9.36 Å². The van der Waals surface area contributed by atoms with E-state index < -0.39 is 0 Å². The molecule has 0 bridgehead atoms. The van der Waals surface area contributed by atoms with Crippen molar-refractivity contribution in [3.8, 4) is 0 Å². The number of amides is 1. The molecule has 2 rings (SSSR count). The van der Waals surface area contributed by atoms with Gasteiger partial charge < -0.3 is 5.32 Å². The molecule has 2 aromatic heterocycles. The molecular weight excluding hydrogens is 306 g/mol. The fourth-order valence-electron chi connectivity index (χ4n) is 1.65. The first-order chi connectivity index (χ1) is 10.5. The predicted octanol–water partition coefficient (Wildman–Crippen LogP) is -0.708. The van der Waals surface area contributed by atoms with Crippen LogP contribution in [0.4, 0.5) is 0 Å². The Balaban J connectivity index is 1.80. The molecule has 0 saturated heterocycles. The van der Waals surface area contributed by atoms with Crippen LogP contribution in [0.5, 0.6) is 0 Å². The molecule has 2 heterocycles. The van der Waals surface area contributed by atoms with Gasteiger partial charge in [-0.2, -0.15) is 5.10 Å². The van der Waals surface area contributed by atoms with Crippen molar-refractivity contribution in [1.82, 2.24) is 35.3 Å². The zero-order valence-electron chi connectivity index (χ0n) is 12.6. The van der Waals surface area contributed by atoms with Crippen molar-refractivity contribution in [2.75, 3.05) is 12.3 Å². The summed E-state index contributed by atoms with van der Waals surface area (Å²) < 4.78 is 2.72. The molecule has 0 spiro atoms. The molecule has 0 radical (unpaired) electrons. The van der Waals surface area contributed by atoms with Crippen LogP contribution in [0.1, 0.15) is 11.3 Å². The minimum Gasteiger partial charge on any atom is -0.354 e. The Morgan fingerprint density at radius 3 is 2.86 bits per heavy atom. The van der Waals surface area contributed by atoms with Crippen LogP contribution in [-0.2, 0) is 18.4 Å². The van der Waals surface area contributed by atoms with E-state index in [2.05, 4.69) is 25.9 Å². The number of hydrogen-bond acceptors (Lipinski definition) is 7. The van der Waals surface area contributed by atoms with Crippen LogP contribution in [0.25, 0.3) is 0 Å². The van der Waals surface area contributed by atoms with Gasteiger partial charge in [0.1, 0.15) is 6.54 Å². The van der Waals surface area contributed by atoms with Crippen LogP contribution in [0.2, 0.25) is 0 Å². The zero-order valence-corrected chi connectivity index (χ0v) is 13.4. The molecule has 10 heteroatoms. The van der Waals surface area contributed by atoms with Crippen molar-refractivity contribution >= 4 is 17.7 Å². The van der Waals surface area contributed by atoms with Crippen LogP contribution in [0.15, 0.2) is 16.0 Å². The van der Waals surface area contributed by atoms with Gasteiger partial charge in [-0.1, -0.05) is 11.8 Å². The van der Waals surface area contributed by atoms with E-state index in [9.17, 15) is 9.59 Å². The normalized spacial score (nSPS) is 10.7. The summed E-state index contributed by atoms with van der Waals surface area (Å²) in [6.45, 7) is 3.98. The molecule has 0 aliphatic rings. The number of thioether (sulfide) groups is 1. The second kappa shape index (κ2) is 7.16. The zero-order chi connectivity index (χ0) is 16.1. The highest BCUT2D eigenvalue weighted by Crippen LogP contribution is 2.10. The molecule has 118 valence electrons. The maximum absolute atomic E-state index is 11.8. The van der Waals surface area contributed by atoms with E-state index in [1.807, 2.05) is 6.92 Å². The summed E-state index contributed by atoms with van der Waals surface area (Å²) in [5, 5.41) is 18.6. The fourth-order valence-corrected chi connectivity index (χ4v) is 2.36. The highest BCUT2D eigenvalue weighted by Gasteiger charge is 2.08. The summed E-state index contributed by atoms with van der Waals surface area (Å²) in [6.07, 6.45) is 0. The molecule has 0 fully saturated rings. The highest BCUT2D eigenvalue weighted by atomic mass is 32.2. The topological polar surface area (TPSA) is 108 Å². The number of nitrogens with one attached hydrogen (secondary N) is 1. The van der Waals surface area contributed by atoms with Gasteiger partial charge in [-0.05, 0) is 29.8 Å². The molecule has 9 nitrogen and oxygen atoms in total. The van der Waals surface area contributed by atoms with Crippen LogP contribution < -0.4 is 10.9 Å². The lowest BCUT2D eigenvalue weighted by atomic mass is 10.2. The third-order valence-electron chi connectivity index (χ3n) is 2.97. The van der Waals surface area contributed by atoms with Crippen LogP contribution in [-0.4, -0.2) is 48.2 Å². The predicted molar refractivity (Wildman–Crippen MR) is 80.5 cm³/mol. The summed E-state index contributed by atoms with van der Waals surface area (Å²) in [5.41, 5.74) is 1.27. The lowest BCUT2D eigenvalue weighted by molar-refractivity contribution is -0.121. The molecule has 0 aliphatic carbocycles. The molecule has 0 aromatic carbocycles. The van der Waals surface area contributed by atoms with Crippen molar-refractivity contribution in [1.29, 1.82) is 0 Å². The monoisotopic (exact) mass is 323 g/mol. The number of tetrazole rings is 1. The Morgan fingerprint density at radius 1 is 1.41 bits per heavy atom. The van der Waals surface area contributed by atoms with Gasteiger partial charge in [-0.15, -0.1) is 5.10 Å². The van der Waals surface area contributed by atoms with E-state index in [4.69, 9.17) is 0 Å². The van der Waals surface area contributed by atoms with Crippen molar-refractivity contribution in [3.63, 3.8) is 0 Å². The van der Waals surface area contributed by atoms with Gasteiger partial charge in [0.05, 0.1) is 5.69 Å². The van der Waals surface area contributed by atoms with Crippen molar-refractivity contribution < 1.29 is 4.79 Å². The van der Waals surface area contributed by atoms with Gasteiger partial charge in [-0.3, -0.25) is 9.59 Å². The summed E-state index contributed by atoms with van der Waals surface area (Å²) >= 11 is 1.44. The molecule has 1 amide bonds. The smallest absolute Gasteiger partial charge is 0.267 e. The standard InChI is InChI=1S/C12H17N7O2S/c1-8-6-11(21)19(15-9(8)2)7-10(20)13-4-5-22-12-14-16-17-18(12)3/h6H,4-5,7H2,1-3H3,(H,13,20). The summed E-state index contributed by atoms with van der Waals surface area (Å²) in [4.78, 5) is 23.6. The van der Waals surface area contributed by atoms with Crippen molar-refractivity contribution in [2.45, 2.75) is 25.5 Å². The molecular formula is C12H17N7O2S. The number of aromatic nitrogens is 6. The molecule has 0 saturated carbocycles. The van der Waals surface area contributed by atoms with Crippen molar-refractivity contribution in [3.05, 3.63) is 27.7 Å². The number of hydrogen-bond donors (Lipinski definition) is 1. The highest BCUT2D eigenvalue weighted by molar-refractivity contribution is 7.99. The van der Waals surface area contributed by atoms with E-state index in [1.165, 1.54) is 17.8 Å². The average Bonchev–Trinajstić information content (AvgIpc) is 2.86. The number of nitrogens with zero attached hydrogens (tertiary/aromatic N) is 6. The van der Waals surface area contributed by atoms with Gasteiger partial charge >= 0.3 is 0 Å². The average molecular weight is 323 g/mol. The summed E-state index contributed by atoms with van der Waals surface area (Å²) in [6, 6.07) is 1.48. The summed E-state index contributed by atoms with van der Waals surface area (Å²) in [5.74, 6) is 0.379. The minimum absolute atomic E-state index is 0.0872. The first kappa shape index (κ1) is 16.1. The maximum Gasteiger partial charge on any atom is 0.267 e. The van der Waals surface area contributed by atoms with Gasteiger partial charge in [0.25, 0.3) is 5.56 Å². The Hall–Kier alpha value is -2.23. The van der Waals surface area contributed by atoms with Crippen LogP contribution in [0, 0.1) is 13.8 Å². The molecule has 2 aromatic rings. The van der Waals surface area contributed by atoms with E-state index in [1.54, 1.807) is 18.7 Å². The number of carbonyl (C=O) groups is 1. The second-order valence-electron chi connectivity index (χ2n) is 4.69. The minimum atomic E-state index is -0.280. The van der Waals surface area contributed by atoms with E-state index in [0.29, 0.717) is 17.5 Å². The lowest BCUT2D eigenvalue weighted by Crippen LogP contribution is -2.35. The third kappa shape index (κ3) is 4.13. The van der Waals surface area contributed by atoms with Crippen molar-refractivity contribution in [2.24, 2.45) is 7.05 Å². The largest absolute Gasteiger partial charge is 0.354 e. The van der Waals surface area contributed by atoms with Crippen LogP contribution in [0.3, 0.4) is 0 Å². The fraction of sp³-hybridized carbons (Fsp3) is 0.500. The molecule has 0 atom stereocenters. The number of carbonyl (C=O) groups excluding carboxylic acids is 1. The van der Waals surface area contributed by atoms with Gasteiger partial charge in [0.2, 0.25) is 11.1 Å². The third-order valence-corrected chi connectivity index (χ3v) is 3.98. The molecule has 0 unspecified atom stereocenters. The van der Waals surface area contributed by atoms with Gasteiger partial charge in [0, 0.05) is 25.4 Å². The Kier molecular flexibility index (Phi) is 5.26. The van der Waals surface area contributed by atoms with E-state index in [0.717, 1.165) is 15.9 Å². The van der Waals surface area contributed by atoms with Gasteiger partial charge in [0.15, 0.2) is 0 Å². The van der Waals surface area contributed by atoms with E-state index in [-0.39, 0.29) is 18.0 Å². The van der Waals surface area contributed by atoms with E-state index >= 15 is 0 Å². The Labute approximate surface area is 131 Å². The first-order valence-corrected chi connectivity index (χ1v) is 7.63. The maximum atomic E-state index is 11.8. The lowest BCUT2D eigenvalue weighted by Gasteiger charge is -2.08.